The molecule has 0 atom stereocenters. The number of methoxy groups -OCH3 is 1. The quantitative estimate of drug-likeness (QED) is 0.115. The number of hydrogen-bond donors (Lipinski definition) is 2. The van der Waals surface area contributed by atoms with Crippen LogP contribution in [0.3, 0.4) is 0 Å². The van der Waals surface area contributed by atoms with E-state index in [1.807, 2.05) is 50.2 Å². The van der Waals surface area contributed by atoms with Gasteiger partial charge in [-0.1, -0.05) is 48.0 Å². The Morgan fingerprint density at radius 2 is 1.73 bits per heavy atom. The summed E-state index contributed by atoms with van der Waals surface area (Å²) in [7, 11) is 1.51. The minimum atomic E-state index is -0.431. The summed E-state index contributed by atoms with van der Waals surface area (Å²) in [6.45, 7) is 4.19. The molecule has 0 aliphatic heterocycles. The Morgan fingerprint density at radius 3 is 2.45 bits per heavy atom. The van der Waals surface area contributed by atoms with E-state index in [0.717, 1.165) is 11.1 Å². The zero-order valence-corrected chi connectivity index (χ0v) is 26.7. The zero-order valence-electron chi connectivity index (χ0n) is 24.4. The van der Waals surface area contributed by atoms with Crippen molar-refractivity contribution in [1.82, 2.24) is 5.43 Å². The molecule has 0 saturated heterocycles. The summed E-state index contributed by atoms with van der Waals surface area (Å²) in [6, 6.07) is 23.3. The van der Waals surface area contributed by atoms with E-state index in [4.69, 9.17) is 30.5 Å². The summed E-state index contributed by atoms with van der Waals surface area (Å²) in [6.07, 6.45) is 1.47. The molecule has 0 saturated carbocycles. The van der Waals surface area contributed by atoms with E-state index in [1.54, 1.807) is 42.5 Å². The maximum Gasteiger partial charge on any atom is 0.271 e. The largest absolute Gasteiger partial charge is 0.493 e. The number of halogens is 2. The standard InChI is InChI=1S/C33H31BrClN3O6/c1-4-42-30-15-23(14-26(34)32(30)44-20-31(39)37-25-12-10-21(2)27(35)17-25)18-36-38-33(40)24-11-13-28(29(16-24)41-3)43-19-22-8-6-5-7-9-22/h5-18H,4,19-20H2,1-3H3,(H,37,39)(H,38,40)/b36-18+. The van der Waals surface area contributed by atoms with Gasteiger partial charge in [0.1, 0.15) is 6.61 Å². The summed E-state index contributed by atoms with van der Waals surface area (Å²) in [5.74, 6) is 0.904. The average molecular weight is 681 g/mol. The Labute approximate surface area is 269 Å². The van der Waals surface area contributed by atoms with Crippen molar-refractivity contribution in [2.75, 3.05) is 25.6 Å². The second-order valence-electron chi connectivity index (χ2n) is 9.40. The Morgan fingerprint density at radius 1 is 0.932 bits per heavy atom. The van der Waals surface area contributed by atoms with Crippen molar-refractivity contribution in [2.24, 2.45) is 5.10 Å². The molecule has 2 N–H and O–H groups in total. The summed E-state index contributed by atoms with van der Waals surface area (Å²) in [5.41, 5.74) is 5.97. The van der Waals surface area contributed by atoms with Gasteiger partial charge < -0.3 is 24.3 Å². The van der Waals surface area contributed by atoms with Crippen LogP contribution >= 0.6 is 27.5 Å². The van der Waals surface area contributed by atoms with E-state index in [2.05, 4.69) is 31.8 Å². The van der Waals surface area contributed by atoms with E-state index in [1.165, 1.54) is 13.3 Å². The van der Waals surface area contributed by atoms with Crippen molar-refractivity contribution >= 4 is 51.2 Å². The molecule has 0 unspecified atom stereocenters. The number of anilines is 1. The molecule has 44 heavy (non-hydrogen) atoms. The molecule has 2 amide bonds. The van der Waals surface area contributed by atoms with E-state index in [-0.39, 0.29) is 12.5 Å². The Balaban J connectivity index is 1.37. The van der Waals surface area contributed by atoms with Gasteiger partial charge in [0.25, 0.3) is 11.8 Å². The van der Waals surface area contributed by atoms with Crippen molar-refractivity contribution in [2.45, 2.75) is 20.5 Å². The molecule has 0 radical (unpaired) electrons. The fourth-order valence-corrected chi connectivity index (χ4v) is 4.72. The molecule has 4 aromatic rings. The maximum atomic E-state index is 12.8. The average Bonchev–Trinajstić information content (AvgIpc) is 3.02. The van der Waals surface area contributed by atoms with Crippen LogP contribution in [0.15, 0.2) is 88.4 Å². The molecule has 0 fully saturated rings. The SMILES string of the molecule is CCOc1cc(/C=N/NC(=O)c2ccc(OCc3ccccc3)c(OC)c2)cc(Br)c1OCC(=O)Nc1ccc(C)c(Cl)c1. The first-order chi connectivity index (χ1) is 21.3. The van der Waals surface area contributed by atoms with Crippen LogP contribution in [0, 0.1) is 6.92 Å². The molecule has 4 aromatic carbocycles. The lowest BCUT2D eigenvalue weighted by Gasteiger charge is -2.15. The van der Waals surface area contributed by atoms with Crippen LogP contribution in [0.4, 0.5) is 5.69 Å². The van der Waals surface area contributed by atoms with Gasteiger partial charge in [-0.05, 0) is 88.9 Å². The number of carbonyl (C=O) groups excluding carboxylic acids is 2. The first-order valence-corrected chi connectivity index (χ1v) is 14.8. The van der Waals surface area contributed by atoms with Crippen LogP contribution in [-0.4, -0.2) is 38.4 Å². The minimum Gasteiger partial charge on any atom is -0.493 e. The highest BCUT2D eigenvalue weighted by molar-refractivity contribution is 9.10. The molecule has 11 heteroatoms. The maximum absolute atomic E-state index is 12.8. The minimum absolute atomic E-state index is 0.257. The summed E-state index contributed by atoms with van der Waals surface area (Å²) in [4.78, 5) is 25.3. The normalized spacial score (nSPS) is 10.8. The van der Waals surface area contributed by atoms with Crippen LogP contribution in [0.1, 0.15) is 34.0 Å². The molecule has 0 bridgehead atoms. The van der Waals surface area contributed by atoms with Gasteiger partial charge in [0.15, 0.2) is 29.6 Å². The Bertz CT molecular complexity index is 1650. The Hall–Kier alpha value is -4.54. The first kappa shape index (κ1) is 32.4. The van der Waals surface area contributed by atoms with Crippen LogP contribution in [0.2, 0.25) is 5.02 Å². The van der Waals surface area contributed by atoms with E-state index in [9.17, 15) is 9.59 Å². The van der Waals surface area contributed by atoms with E-state index in [0.29, 0.717) is 62.5 Å². The fourth-order valence-electron chi connectivity index (χ4n) is 3.96. The molecule has 0 aliphatic rings. The predicted molar refractivity (Wildman–Crippen MR) is 174 cm³/mol. The topological polar surface area (TPSA) is 107 Å². The van der Waals surface area contributed by atoms with Gasteiger partial charge in [0, 0.05) is 16.3 Å². The molecule has 0 spiro atoms. The van der Waals surface area contributed by atoms with Crippen molar-refractivity contribution < 1.29 is 28.5 Å². The third kappa shape index (κ3) is 8.98. The number of ether oxygens (including phenoxy) is 4. The molecular formula is C33H31BrClN3O6. The van der Waals surface area contributed by atoms with Crippen LogP contribution in [-0.2, 0) is 11.4 Å². The smallest absolute Gasteiger partial charge is 0.271 e. The van der Waals surface area contributed by atoms with E-state index < -0.39 is 5.91 Å². The third-order valence-electron chi connectivity index (χ3n) is 6.18. The van der Waals surface area contributed by atoms with Gasteiger partial charge in [0.05, 0.1) is 24.4 Å². The fraction of sp³-hybridized carbons (Fsp3) is 0.182. The van der Waals surface area contributed by atoms with Gasteiger partial charge in [-0.3, -0.25) is 9.59 Å². The summed E-state index contributed by atoms with van der Waals surface area (Å²) >= 11 is 9.62. The lowest BCUT2D eigenvalue weighted by molar-refractivity contribution is -0.118. The highest BCUT2D eigenvalue weighted by atomic mass is 79.9. The monoisotopic (exact) mass is 679 g/mol. The van der Waals surface area contributed by atoms with Gasteiger partial charge in [0.2, 0.25) is 0 Å². The van der Waals surface area contributed by atoms with Crippen LogP contribution in [0.25, 0.3) is 0 Å². The number of benzene rings is 4. The number of hydrogen-bond acceptors (Lipinski definition) is 7. The summed E-state index contributed by atoms with van der Waals surface area (Å²) in [5, 5.41) is 7.40. The molecule has 0 aromatic heterocycles. The van der Waals surface area contributed by atoms with Gasteiger partial charge in [-0.2, -0.15) is 5.10 Å². The van der Waals surface area contributed by atoms with Crippen molar-refractivity contribution in [1.29, 1.82) is 0 Å². The zero-order chi connectivity index (χ0) is 31.5. The first-order valence-electron chi connectivity index (χ1n) is 13.6. The second-order valence-corrected chi connectivity index (χ2v) is 10.7. The number of rotatable bonds is 13. The third-order valence-corrected chi connectivity index (χ3v) is 7.17. The van der Waals surface area contributed by atoms with Crippen molar-refractivity contribution in [3.8, 4) is 23.0 Å². The molecule has 228 valence electrons. The second kappa shape index (κ2) is 15.8. The molecule has 9 nitrogen and oxygen atoms in total. The highest BCUT2D eigenvalue weighted by Crippen LogP contribution is 2.37. The van der Waals surface area contributed by atoms with Gasteiger partial charge in [-0.15, -0.1) is 0 Å². The highest BCUT2D eigenvalue weighted by Gasteiger charge is 2.15. The van der Waals surface area contributed by atoms with Crippen LogP contribution < -0.4 is 29.7 Å². The number of nitrogens with zero attached hydrogens (tertiary/aromatic N) is 1. The van der Waals surface area contributed by atoms with E-state index >= 15 is 0 Å². The Kier molecular flexibility index (Phi) is 11.6. The predicted octanol–water partition coefficient (Wildman–Crippen LogP) is 7.18. The van der Waals surface area contributed by atoms with Gasteiger partial charge >= 0.3 is 0 Å². The van der Waals surface area contributed by atoms with Crippen LogP contribution in [0.5, 0.6) is 23.0 Å². The number of amides is 2. The summed E-state index contributed by atoms with van der Waals surface area (Å²) < 4.78 is 23.4. The molecule has 4 rings (SSSR count). The lowest BCUT2D eigenvalue weighted by Crippen LogP contribution is -2.20. The molecule has 0 aliphatic carbocycles. The number of nitrogens with one attached hydrogen (secondary N) is 2. The van der Waals surface area contributed by atoms with Gasteiger partial charge in [-0.25, -0.2) is 5.43 Å². The number of carbonyl (C=O) groups is 2. The lowest BCUT2D eigenvalue weighted by atomic mass is 10.2. The number of hydrazone groups is 1. The number of aryl methyl sites for hydroxylation is 1. The molecule has 0 heterocycles. The van der Waals surface area contributed by atoms with Crippen molar-refractivity contribution in [3.05, 3.63) is 111 Å². The van der Waals surface area contributed by atoms with Crippen molar-refractivity contribution in [3.63, 3.8) is 0 Å². The molecular weight excluding hydrogens is 650 g/mol.